The van der Waals surface area contributed by atoms with Gasteiger partial charge in [-0.3, -0.25) is 4.98 Å². The van der Waals surface area contributed by atoms with Crippen LogP contribution in [-0.4, -0.2) is 37.6 Å². The second-order valence-corrected chi connectivity index (χ2v) is 3.71. The number of aromatic nitrogens is 3. The largest absolute Gasteiger partial charge is 2.00 e. The average molecular weight is 312 g/mol. The first-order valence-electron chi connectivity index (χ1n) is 5.12. The Balaban J connectivity index is 0.000000810. The Hall–Kier alpha value is -0.914. The van der Waals surface area contributed by atoms with Crippen LogP contribution in [0.4, 0.5) is 0 Å². The van der Waals surface area contributed by atoms with Gasteiger partial charge in [0.05, 0.1) is 5.82 Å². The molecule has 0 spiro atoms. The van der Waals surface area contributed by atoms with E-state index >= 15 is 0 Å². The third-order valence-electron chi connectivity index (χ3n) is 2.52. The predicted octanol–water partition coefficient (Wildman–Crippen LogP) is -0.848. The molecule has 0 aliphatic carbocycles. The molecular weight excluding hydrogens is 302 g/mol. The molecule has 0 aromatic carbocycles. The van der Waals surface area contributed by atoms with Crippen molar-refractivity contribution in [1.82, 2.24) is 14.5 Å². The van der Waals surface area contributed by atoms with Gasteiger partial charge in [0.2, 0.25) is 0 Å². The Bertz CT molecular complexity index is 651. The summed E-state index contributed by atoms with van der Waals surface area (Å²) in [6.07, 6.45) is 6.74. The number of hydrogen-bond donors (Lipinski definition) is 0. The number of halogens is 1. The molecule has 3 heterocycles. The molecule has 0 saturated carbocycles. The van der Waals surface area contributed by atoms with Crippen molar-refractivity contribution in [2.75, 3.05) is 0 Å². The van der Waals surface area contributed by atoms with Crippen LogP contribution in [0.2, 0.25) is 0 Å². The summed E-state index contributed by atoms with van der Waals surface area (Å²) in [7, 11) is 0. The maximum atomic E-state index is 4.34. The molecule has 3 nitrogen and oxygen atoms in total. The fourth-order valence-corrected chi connectivity index (χ4v) is 1.74. The van der Waals surface area contributed by atoms with E-state index in [2.05, 4.69) is 23.1 Å². The van der Waals surface area contributed by atoms with Gasteiger partial charge >= 0.3 is 23.1 Å². The van der Waals surface area contributed by atoms with Gasteiger partial charge in [-0.15, -0.1) is 6.07 Å². The number of fused-ring (bicyclic) bond motifs is 1. The fourth-order valence-electron chi connectivity index (χ4n) is 1.74. The summed E-state index contributed by atoms with van der Waals surface area (Å²) in [5.41, 5.74) is 3.15. The molecule has 5 heteroatoms. The summed E-state index contributed by atoms with van der Waals surface area (Å²) >= 11 is 0. The van der Waals surface area contributed by atoms with Gasteiger partial charge < -0.3 is 26.5 Å². The molecule has 0 aliphatic rings. The standard InChI is InChI=1S/C13H10N3.BrH.Mg/c1-10-4-7-15-13(9-10)16-8-5-11-12(16)3-2-6-14-11;;/h2-7,9H,1H3;1H;/q-1;;+2/p-1. The van der Waals surface area contributed by atoms with Gasteiger partial charge in [0, 0.05) is 12.4 Å². The van der Waals surface area contributed by atoms with E-state index in [1.54, 1.807) is 12.4 Å². The Kier molecular flexibility index (Phi) is 5.31. The van der Waals surface area contributed by atoms with E-state index in [1.165, 1.54) is 5.56 Å². The smallest absolute Gasteiger partial charge is 1.00 e. The summed E-state index contributed by atoms with van der Waals surface area (Å²) in [6.45, 7) is 2.05. The van der Waals surface area contributed by atoms with Crippen LogP contribution < -0.4 is 17.0 Å². The van der Waals surface area contributed by atoms with Crippen molar-refractivity contribution >= 4 is 34.1 Å². The second kappa shape index (κ2) is 6.31. The Morgan fingerprint density at radius 1 is 1.17 bits per heavy atom. The summed E-state index contributed by atoms with van der Waals surface area (Å²) in [5, 5.41) is 0. The van der Waals surface area contributed by atoms with Crippen LogP contribution in [0.1, 0.15) is 5.56 Å². The van der Waals surface area contributed by atoms with Crippen LogP contribution in [0, 0.1) is 13.1 Å². The van der Waals surface area contributed by atoms with Crippen molar-refractivity contribution in [3.63, 3.8) is 0 Å². The Morgan fingerprint density at radius 2 is 2.00 bits per heavy atom. The maximum Gasteiger partial charge on any atom is 2.00 e. The number of rotatable bonds is 1. The average Bonchev–Trinajstić information content (AvgIpc) is 2.72. The molecular formula is C13H10BrMgN3. The number of aryl methyl sites for hydroxylation is 1. The van der Waals surface area contributed by atoms with Gasteiger partial charge in [-0.25, -0.2) is 0 Å². The Labute approximate surface area is 132 Å². The van der Waals surface area contributed by atoms with Crippen molar-refractivity contribution in [3.05, 3.63) is 54.5 Å². The molecule has 86 valence electrons. The minimum Gasteiger partial charge on any atom is -1.00 e. The van der Waals surface area contributed by atoms with E-state index in [4.69, 9.17) is 0 Å². The normalized spacial score (nSPS) is 9.61. The van der Waals surface area contributed by atoms with E-state index in [0.29, 0.717) is 0 Å². The van der Waals surface area contributed by atoms with Crippen molar-refractivity contribution < 1.29 is 17.0 Å². The molecule has 3 aromatic heterocycles. The molecule has 0 amide bonds. The van der Waals surface area contributed by atoms with E-state index < -0.39 is 0 Å². The van der Waals surface area contributed by atoms with Gasteiger partial charge in [0.1, 0.15) is 0 Å². The summed E-state index contributed by atoms with van der Waals surface area (Å²) in [4.78, 5) is 8.61. The number of nitrogens with zero attached hydrogens (tertiary/aromatic N) is 3. The second-order valence-electron chi connectivity index (χ2n) is 3.71. The Morgan fingerprint density at radius 3 is 2.78 bits per heavy atom. The van der Waals surface area contributed by atoms with E-state index in [1.807, 2.05) is 34.9 Å². The van der Waals surface area contributed by atoms with Crippen LogP contribution >= 0.6 is 0 Å². The quantitative estimate of drug-likeness (QED) is 0.433. The minimum absolute atomic E-state index is 0. The molecule has 0 aliphatic heterocycles. The van der Waals surface area contributed by atoms with Crippen LogP contribution in [-0.2, 0) is 0 Å². The van der Waals surface area contributed by atoms with Crippen molar-refractivity contribution in [2.24, 2.45) is 0 Å². The van der Waals surface area contributed by atoms with E-state index in [-0.39, 0.29) is 40.0 Å². The first-order valence-corrected chi connectivity index (χ1v) is 5.12. The summed E-state index contributed by atoms with van der Waals surface area (Å²) in [5.74, 6) is 0.878. The van der Waals surface area contributed by atoms with Crippen LogP contribution in [0.15, 0.2) is 42.7 Å². The number of hydrogen-bond acceptors (Lipinski definition) is 2. The van der Waals surface area contributed by atoms with Gasteiger partial charge in [0.25, 0.3) is 0 Å². The molecule has 18 heavy (non-hydrogen) atoms. The summed E-state index contributed by atoms with van der Waals surface area (Å²) < 4.78 is 1.93. The molecule has 3 rings (SSSR count). The predicted molar refractivity (Wildman–Crippen MR) is 68.2 cm³/mol. The topological polar surface area (TPSA) is 30.7 Å². The molecule has 3 aromatic rings. The van der Waals surface area contributed by atoms with Gasteiger partial charge in [-0.1, -0.05) is 35.5 Å². The monoisotopic (exact) mass is 311 g/mol. The maximum absolute atomic E-state index is 4.34. The zero-order chi connectivity index (χ0) is 11.0. The molecule has 0 saturated heterocycles. The van der Waals surface area contributed by atoms with Gasteiger partial charge in [-0.2, -0.15) is 0 Å². The van der Waals surface area contributed by atoms with Crippen molar-refractivity contribution in [3.8, 4) is 5.82 Å². The summed E-state index contributed by atoms with van der Waals surface area (Å²) in [6, 6.07) is 9.82. The van der Waals surface area contributed by atoms with Gasteiger partial charge in [-0.05, 0) is 18.5 Å². The van der Waals surface area contributed by atoms with E-state index in [0.717, 1.165) is 16.9 Å². The van der Waals surface area contributed by atoms with Crippen molar-refractivity contribution in [2.45, 2.75) is 6.92 Å². The van der Waals surface area contributed by atoms with Crippen LogP contribution in [0.3, 0.4) is 0 Å². The minimum atomic E-state index is 0. The number of pyridine rings is 2. The molecule has 0 atom stereocenters. The van der Waals surface area contributed by atoms with E-state index in [9.17, 15) is 0 Å². The van der Waals surface area contributed by atoms with Gasteiger partial charge in [0.15, 0.2) is 0 Å². The first-order chi connectivity index (χ1) is 7.84. The fraction of sp³-hybridized carbons (Fsp3) is 0.0769. The SMILES string of the molecule is Cc1ccnc(-n2[c-]cc3ncccc32)c1.[Br-].[Mg+2]. The van der Waals surface area contributed by atoms with Crippen LogP contribution in [0.5, 0.6) is 0 Å². The van der Waals surface area contributed by atoms with Crippen LogP contribution in [0.25, 0.3) is 16.9 Å². The third-order valence-corrected chi connectivity index (χ3v) is 2.52. The molecule has 0 radical (unpaired) electrons. The molecule has 0 unspecified atom stereocenters. The van der Waals surface area contributed by atoms with Crippen molar-refractivity contribution in [1.29, 1.82) is 0 Å². The molecule has 0 bridgehead atoms. The zero-order valence-electron chi connectivity index (χ0n) is 9.97. The first kappa shape index (κ1) is 15.1. The molecule has 0 N–H and O–H groups in total. The molecule has 0 fully saturated rings. The zero-order valence-corrected chi connectivity index (χ0v) is 13.0. The third kappa shape index (κ3) is 2.73.